The Morgan fingerprint density at radius 2 is 1.92 bits per heavy atom. The van der Waals surface area contributed by atoms with Gasteiger partial charge in [-0.05, 0) is 54.8 Å². The van der Waals surface area contributed by atoms with E-state index in [0.717, 1.165) is 23.2 Å². The first-order valence-electron chi connectivity index (χ1n) is 8.48. The molecule has 2 aromatic carbocycles. The predicted molar refractivity (Wildman–Crippen MR) is 101 cm³/mol. The maximum absolute atomic E-state index is 12.9. The van der Waals surface area contributed by atoms with Crippen LogP contribution < -0.4 is 14.4 Å². The third-order valence-electron chi connectivity index (χ3n) is 4.50. The Kier molecular flexibility index (Phi) is 5.29. The Balaban J connectivity index is 1.80. The largest absolute Gasteiger partial charge is 0.497 e. The van der Waals surface area contributed by atoms with Crippen LogP contribution in [0.1, 0.15) is 28.4 Å². The Bertz CT molecular complexity index is 908. The molecule has 1 aliphatic heterocycles. The van der Waals surface area contributed by atoms with Crippen molar-refractivity contribution in [3.8, 4) is 5.75 Å². The number of hydrogen-bond acceptors (Lipinski definition) is 4. The number of rotatable bonds is 6. The number of ether oxygens (including phenoxy) is 1. The number of amides is 1. The minimum absolute atomic E-state index is 0.0417. The van der Waals surface area contributed by atoms with Gasteiger partial charge in [0.25, 0.3) is 5.91 Å². The van der Waals surface area contributed by atoms with Gasteiger partial charge in [-0.15, -0.1) is 0 Å². The third kappa shape index (κ3) is 3.89. The van der Waals surface area contributed by atoms with E-state index in [0.29, 0.717) is 17.9 Å². The predicted octanol–water partition coefficient (Wildman–Crippen LogP) is 2.34. The fourth-order valence-corrected chi connectivity index (χ4v) is 3.52. The molecule has 0 radical (unpaired) electrons. The van der Waals surface area contributed by atoms with Gasteiger partial charge < -0.3 is 9.64 Å². The van der Waals surface area contributed by atoms with Crippen molar-refractivity contribution in [1.82, 2.24) is 4.72 Å². The van der Waals surface area contributed by atoms with Crippen LogP contribution in [0.3, 0.4) is 0 Å². The Morgan fingerprint density at radius 3 is 2.58 bits per heavy atom. The van der Waals surface area contributed by atoms with Crippen molar-refractivity contribution in [2.24, 2.45) is 0 Å². The highest BCUT2D eigenvalue weighted by molar-refractivity contribution is 7.89. The molecule has 1 aliphatic rings. The first kappa shape index (κ1) is 18.4. The summed E-state index contributed by atoms with van der Waals surface area (Å²) >= 11 is 0. The van der Waals surface area contributed by atoms with Crippen molar-refractivity contribution in [3.05, 3.63) is 59.2 Å². The second kappa shape index (κ2) is 7.47. The molecule has 6 nitrogen and oxygen atoms in total. The number of carbonyl (C=O) groups excluding carboxylic acids is 1. The van der Waals surface area contributed by atoms with Gasteiger partial charge in [0.2, 0.25) is 10.0 Å². The summed E-state index contributed by atoms with van der Waals surface area (Å²) in [6, 6.07) is 12.8. The van der Waals surface area contributed by atoms with Gasteiger partial charge in [0.15, 0.2) is 0 Å². The van der Waals surface area contributed by atoms with E-state index in [1.54, 1.807) is 43.2 Å². The van der Waals surface area contributed by atoms with Gasteiger partial charge in [-0.1, -0.05) is 12.1 Å². The van der Waals surface area contributed by atoms with Crippen LogP contribution >= 0.6 is 0 Å². The summed E-state index contributed by atoms with van der Waals surface area (Å²) in [4.78, 5) is 14.6. The summed E-state index contributed by atoms with van der Waals surface area (Å²) in [5.74, 6) is 0.673. The SMILES string of the molecule is CCS(=O)(=O)NCc1ccc2c(c1)N(C(=O)c1ccc(OC)cc1)CC2. The van der Waals surface area contributed by atoms with E-state index in [-0.39, 0.29) is 18.2 Å². The zero-order valence-corrected chi connectivity index (χ0v) is 15.7. The summed E-state index contributed by atoms with van der Waals surface area (Å²) in [5.41, 5.74) is 3.36. The van der Waals surface area contributed by atoms with Crippen molar-refractivity contribution in [3.63, 3.8) is 0 Å². The van der Waals surface area contributed by atoms with Gasteiger partial charge in [0.05, 0.1) is 12.9 Å². The van der Waals surface area contributed by atoms with Crippen molar-refractivity contribution in [2.75, 3.05) is 24.3 Å². The molecule has 3 rings (SSSR count). The van der Waals surface area contributed by atoms with Gasteiger partial charge in [-0.2, -0.15) is 0 Å². The van der Waals surface area contributed by atoms with Crippen LogP contribution in [0.4, 0.5) is 5.69 Å². The number of sulfonamides is 1. The highest BCUT2D eigenvalue weighted by atomic mass is 32.2. The summed E-state index contributed by atoms with van der Waals surface area (Å²) in [6.07, 6.45) is 0.790. The number of benzene rings is 2. The van der Waals surface area contributed by atoms with E-state index in [1.165, 1.54) is 0 Å². The molecule has 0 atom stereocenters. The lowest BCUT2D eigenvalue weighted by atomic mass is 10.1. The molecule has 138 valence electrons. The highest BCUT2D eigenvalue weighted by Crippen LogP contribution is 2.30. The van der Waals surface area contributed by atoms with Crippen LogP contribution in [0.15, 0.2) is 42.5 Å². The van der Waals surface area contributed by atoms with Crippen molar-refractivity contribution < 1.29 is 17.9 Å². The van der Waals surface area contributed by atoms with Gasteiger partial charge in [0.1, 0.15) is 5.75 Å². The number of methoxy groups -OCH3 is 1. The van der Waals surface area contributed by atoms with E-state index < -0.39 is 10.0 Å². The normalized spacial score (nSPS) is 13.5. The summed E-state index contributed by atoms with van der Waals surface area (Å²) < 4.78 is 30.9. The maximum atomic E-state index is 12.9. The molecule has 1 amide bonds. The zero-order chi connectivity index (χ0) is 18.7. The van der Waals surface area contributed by atoms with Crippen molar-refractivity contribution in [2.45, 2.75) is 19.9 Å². The molecule has 7 heteroatoms. The number of nitrogens with zero attached hydrogens (tertiary/aromatic N) is 1. The molecule has 0 saturated heterocycles. The van der Waals surface area contributed by atoms with Gasteiger partial charge in [-0.25, -0.2) is 13.1 Å². The molecule has 26 heavy (non-hydrogen) atoms. The fraction of sp³-hybridized carbons (Fsp3) is 0.316. The number of nitrogens with one attached hydrogen (secondary N) is 1. The number of carbonyl (C=O) groups is 1. The first-order chi connectivity index (χ1) is 12.4. The number of fused-ring (bicyclic) bond motifs is 1. The number of hydrogen-bond donors (Lipinski definition) is 1. The molecule has 0 saturated carbocycles. The molecule has 1 N–H and O–H groups in total. The molecule has 0 bridgehead atoms. The van der Waals surface area contributed by atoms with Crippen molar-refractivity contribution >= 4 is 21.6 Å². The average Bonchev–Trinajstić information content (AvgIpc) is 3.09. The van der Waals surface area contributed by atoms with Crippen LogP contribution in [-0.4, -0.2) is 33.7 Å². The van der Waals surface area contributed by atoms with Gasteiger partial charge in [-0.3, -0.25) is 4.79 Å². The van der Waals surface area contributed by atoms with Gasteiger partial charge >= 0.3 is 0 Å². The molecule has 0 spiro atoms. The highest BCUT2D eigenvalue weighted by Gasteiger charge is 2.26. The molecule has 0 aromatic heterocycles. The Morgan fingerprint density at radius 1 is 1.19 bits per heavy atom. The van der Waals surface area contributed by atoms with Crippen LogP contribution in [0.2, 0.25) is 0 Å². The lowest BCUT2D eigenvalue weighted by molar-refractivity contribution is 0.0989. The van der Waals surface area contributed by atoms with Crippen LogP contribution in [0.5, 0.6) is 5.75 Å². The quantitative estimate of drug-likeness (QED) is 0.842. The molecule has 0 aliphatic carbocycles. The van der Waals surface area contributed by atoms with E-state index >= 15 is 0 Å². The summed E-state index contributed by atoms with van der Waals surface area (Å²) in [6.45, 7) is 2.43. The maximum Gasteiger partial charge on any atom is 0.258 e. The summed E-state index contributed by atoms with van der Waals surface area (Å²) in [7, 11) is -1.67. The topological polar surface area (TPSA) is 75.7 Å². The van der Waals surface area contributed by atoms with Crippen LogP contribution in [0.25, 0.3) is 0 Å². The monoisotopic (exact) mass is 374 g/mol. The minimum atomic E-state index is -3.25. The molecular formula is C19H22N2O4S. The van der Waals surface area contributed by atoms with Crippen LogP contribution in [0, 0.1) is 0 Å². The first-order valence-corrected chi connectivity index (χ1v) is 10.1. The second-order valence-corrected chi connectivity index (χ2v) is 8.22. The standard InChI is InChI=1S/C19H22N2O4S/c1-3-26(23,24)20-13-14-4-5-15-10-11-21(18(15)12-14)19(22)16-6-8-17(25-2)9-7-16/h4-9,12,20H,3,10-11,13H2,1-2H3. The minimum Gasteiger partial charge on any atom is -0.497 e. The van der Waals surface area contributed by atoms with Crippen LogP contribution in [-0.2, 0) is 23.0 Å². The van der Waals surface area contributed by atoms with E-state index in [1.807, 2.05) is 18.2 Å². The Hall–Kier alpha value is -2.38. The Labute approximate surface area is 153 Å². The molecule has 1 heterocycles. The molecule has 2 aromatic rings. The fourth-order valence-electron chi connectivity index (χ4n) is 2.93. The third-order valence-corrected chi connectivity index (χ3v) is 5.85. The summed E-state index contributed by atoms with van der Waals surface area (Å²) in [5, 5.41) is 0. The lowest BCUT2D eigenvalue weighted by Gasteiger charge is -2.18. The smallest absolute Gasteiger partial charge is 0.258 e. The second-order valence-electron chi connectivity index (χ2n) is 6.12. The molecule has 0 fully saturated rings. The van der Waals surface area contributed by atoms with Gasteiger partial charge in [0, 0.05) is 24.3 Å². The number of anilines is 1. The van der Waals surface area contributed by atoms with E-state index in [4.69, 9.17) is 4.74 Å². The van der Waals surface area contributed by atoms with Crippen molar-refractivity contribution in [1.29, 1.82) is 0 Å². The zero-order valence-electron chi connectivity index (χ0n) is 14.9. The van der Waals surface area contributed by atoms with E-state index in [2.05, 4.69) is 4.72 Å². The average molecular weight is 374 g/mol. The lowest BCUT2D eigenvalue weighted by Crippen LogP contribution is -2.29. The van der Waals surface area contributed by atoms with E-state index in [9.17, 15) is 13.2 Å². The molecular weight excluding hydrogens is 352 g/mol. The molecule has 0 unspecified atom stereocenters.